The van der Waals surface area contributed by atoms with E-state index < -0.39 is 0 Å². The minimum absolute atomic E-state index is 0.803. The lowest BCUT2D eigenvalue weighted by atomic mass is 10.1. The maximum Gasteiger partial charge on any atom is 0.0644 e. The van der Waals surface area contributed by atoms with Crippen LogP contribution in [0.5, 0.6) is 0 Å². The summed E-state index contributed by atoms with van der Waals surface area (Å²) in [4.78, 5) is 2.03. The van der Waals surface area contributed by atoms with Crippen molar-refractivity contribution in [3.63, 3.8) is 0 Å². The largest absolute Gasteiger partial charge is 0.397 e. The monoisotopic (exact) mass is 238 g/mol. The molecule has 0 aliphatic rings. The Balaban J connectivity index is 2.35. The molecule has 0 atom stereocenters. The van der Waals surface area contributed by atoms with Gasteiger partial charge in [-0.2, -0.15) is 0 Å². The summed E-state index contributed by atoms with van der Waals surface area (Å²) in [5.41, 5.74) is 11.0. The molecule has 2 heteroatoms. The van der Waals surface area contributed by atoms with Crippen molar-refractivity contribution in [2.24, 2.45) is 0 Å². The van der Waals surface area contributed by atoms with Crippen LogP contribution in [0.2, 0.25) is 0 Å². The minimum Gasteiger partial charge on any atom is -0.397 e. The number of benzene rings is 2. The van der Waals surface area contributed by atoms with Gasteiger partial charge >= 0.3 is 0 Å². The maximum atomic E-state index is 6.12. The van der Waals surface area contributed by atoms with E-state index in [0.717, 1.165) is 28.2 Å². The zero-order valence-electron chi connectivity index (χ0n) is 10.9. The molecule has 0 aliphatic carbocycles. The Bertz CT molecular complexity index is 559. The number of para-hydroxylation sites is 1. The first-order valence-electron chi connectivity index (χ1n) is 5.94. The number of rotatable bonds is 3. The molecule has 0 bridgehead atoms. The molecule has 2 nitrogen and oxygen atoms in total. The van der Waals surface area contributed by atoms with E-state index in [4.69, 9.17) is 5.73 Å². The maximum absolute atomic E-state index is 6.12. The minimum atomic E-state index is 0.803. The lowest BCUT2D eigenvalue weighted by Crippen LogP contribution is -2.16. The smallest absolute Gasteiger partial charge is 0.0644 e. The topological polar surface area (TPSA) is 29.3 Å². The molecule has 0 saturated carbocycles. The van der Waals surface area contributed by atoms with Gasteiger partial charge in [0.05, 0.1) is 11.4 Å². The lowest BCUT2D eigenvalue weighted by molar-refractivity contribution is 1.22. The van der Waals surface area contributed by atoms with Crippen LogP contribution in [0.3, 0.4) is 0 Å². The quantitative estimate of drug-likeness (QED) is 0.826. The number of hydrogen-bond acceptors (Lipinski definition) is 2. The van der Waals surface area contributed by atoms with Crippen molar-refractivity contribution >= 4 is 17.1 Å². The lowest BCUT2D eigenvalue weighted by Gasteiger charge is -2.24. The summed E-state index contributed by atoms with van der Waals surface area (Å²) in [7, 11) is 1.99. The Morgan fingerprint density at radius 1 is 1.06 bits per heavy atom. The van der Waals surface area contributed by atoms with E-state index in [1.807, 2.05) is 67.4 Å². The number of nitrogens with zero attached hydrogens (tertiary/aromatic N) is 1. The van der Waals surface area contributed by atoms with Gasteiger partial charge < -0.3 is 10.6 Å². The zero-order chi connectivity index (χ0) is 13.1. The van der Waals surface area contributed by atoms with Crippen molar-refractivity contribution in [2.45, 2.75) is 6.92 Å². The number of nitrogen functional groups attached to an aromatic ring is 1. The van der Waals surface area contributed by atoms with Crippen LogP contribution in [0.15, 0.2) is 55.1 Å². The molecule has 0 saturated heterocycles. The van der Waals surface area contributed by atoms with Crippen LogP contribution in [0.1, 0.15) is 11.1 Å². The molecular weight excluding hydrogens is 220 g/mol. The Hall–Kier alpha value is -2.22. The zero-order valence-corrected chi connectivity index (χ0v) is 10.9. The predicted octanol–water partition coefficient (Wildman–Crippen LogP) is 3.68. The third kappa shape index (κ3) is 2.23. The molecule has 0 unspecified atom stereocenters. The van der Waals surface area contributed by atoms with Gasteiger partial charge in [0, 0.05) is 12.7 Å². The first-order chi connectivity index (χ1) is 8.61. The second-order valence-corrected chi connectivity index (χ2v) is 4.38. The second-order valence-electron chi connectivity index (χ2n) is 4.38. The molecule has 18 heavy (non-hydrogen) atoms. The highest BCUT2D eigenvalue weighted by Crippen LogP contribution is 2.30. The summed E-state index contributed by atoms with van der Waals surface area (Å²) < 4.78 is 0. The van der Waals surface area contributed by atoms with Gasteiger partial charge in [0.15, 0.2) is 0 Å². The summed E-state index contributed by atoms with van der Waals surface area (Å²) >= 11 is 0. The van der Waals surface area contributed by atoms with Gasteiger partial charge in [-0.15, -0.1) is 0 Å². The molecule has 0 spiro atoms. The van der Waals surface area contributed by atoms with Crippen molar-refractivity contribution in [2.75, 3.05) is 17.7 Å². The SMILES string of the molecule is C=C(c1ccccc1)N(C)c1cccc(C)c1N. The fourth-order valence-corrected chi connectivity index (χ4v) is 1.93. The first-order valence-corrected chi connectivity index (χ1v) is 5.94. The van der Waals surface area contributed by atoms with Crippen molar-refractivity contribution in [3.8, 4) is 0 Å². The summed E-state index contributed by atoms with van der Waals surface area (Å²) in [6, 6.07) is 16.1. The van der Waals surface area contributed by atoms with Gasteiger partial charge in [-0.1, -0.05) is 49.0 Å². The van der Waals surface area contributed by atoms with Crippen molar-refractivity contribution in [1.29, 1.82) is 0 Å². The van der Waals surface area contributed by atoms with Crippen molar-refractivity contribution < 1.29 is 0 Å². The molecule has 0 radical (unpaired) electrons. The second kappa shape index (κ2) is 4.96. The number of hydrogen-bond donors (Lipinski definition) is 1. The number of aryl methyl sites for hydroxylation is 1. The standard InChI is InChI=1S/C16H18N2/c1-12-8-7-11-15(16(12)17)18(3)13(2)14-9-5-4-6-10-14/h4-11H,2,17H2,1,3H3. The fraction of sp³-hybridized carbons (Fsp3) is 0.125. The fourth-order valence-electron chi connectivity index (χ4n) is 1.93. The highest BCUT2D eigenvalue weighted by molar-refractivity contribution is 5.83. The molecule has 2 aromatic carbocycles. The highest BCUT2D eigenvalue weighted by atomic mass is 15.1. The van der Waals surface area contributed by atoms with Crippen LogP contribution in [0, 0.1) is 6.92 Å². The molecule has 92 valence electrons. The first kappa shape index (κ1) is 12.2. The van der Waals surface area contributed by atoms with Gasteiger partial charge in [0.25, 0.3) is 0 Å². The third-order valence-corrected chi connectivity index (χ3v) is 3.17. The average molecular weight is 238 g/mol. The molecular formula is C16H18N2. The van der Waals surface area contributed by atoms with Gasteiger partial charge in [0.2, 0.25) is 0 Å². The highest BCUT2D eigenvalue weighted by Gasteiger charge is 2.10. The molecule has 2 N–H and O–H groups in total. The van der Waals surface area contributed by atoms with E-state index in [1.54, 1.807) is 0 Å². The van der Waals surface area contributed by atoms with Crippen molar-refractivity contribution in [3.05, 3.63) is 66.2 Å². The molecule has 0 fully saturated rings. The van der Waals surface area contributed by atoms with Crippen LogP contribution in [-0.4, -0.2) is 7.05 Å². The summed E-state index contributed by atoms with van der Waals surface area (Å²) in [6.07, 6.45) is 0. The van der Waals surface area contributed by atoms with E-state index in [9.17, 15) is 0 Å². The van der Waals surface area contributed by atoms with E-state index in [2.05, 4.69) is 6.58 Å². The van der Waals surface area contributed by atoms with Gasteiger partial charge in [-0.05, 0) is 24.1 Å². The Morgan fingerprint density at radius 3 is 2.39 bits per heavy atom. The summed E-state index contributed by atoms with van der Waals surface area (Å²) in [6.45, 7) is 6.15. The summed E-state index contributed by atoms with van der Waals surface area (Å²) in [5, 5.41) is 0. The molecule has 2 rings (SSSR count). The number of nitrogens with two attached hydrogens (primary N) is 1. The van der Waals surface area contributed by atoms with Crippen molar-refractivity contribution in [1.82, 2.24) is 0 Å². The predicted molar refractivity (Wildman–Crippen MR) is 79.5 cm³/mol. The van der Waals surface area contributed by atoms with Crippen LogP contribution in [0.4, 0.5) is 11.4 Å². The van der Waals surface area contributed by atoms with Crippen LogP contribution in [-0.2, 0) is 0 Å². The van der Waals surface area contributed by atoms with Gasteiger partial charge in [0.1, 0.15) is 0 Å². The Labute approximate surface area is 108 Å². The molecule has 0 heterocycles. The van der Waals surface area contributed by atoms with E-state index in [0.29, 0.717) is 0 Å². The Morgan fingerprint density at radius 2 is 1.72 bits per heavy atom. The molecule has 2 aromatic rings. The average Bonchev–Trinajstić information content (AvgIpc) is 2.41. The van der Waals surface area contributed by atoms with Crippen LogP contribution in [0.25, 0.3) is 5.70 Å². The number of anilines is 2. The van der Waals surface area contributed by atoms with Crippen LogP contribution >= 0.6 is 0 Å². The third-order valence-electron chi connectivity index (χ3n) is 3.17. The van der Waals surface area contributed by atoms with E-state index in [-0.39, 0.29) is 0 Å². The summed E-state index contributed by atoms with van der Waals surface area (Å²) in [5.74, 6) is 0. The van der Waals surface area contributed by atoms with E-state index in [1.165, 1.54) is 0 Å². The molecule has 0 amide bonds. The van der Waals surface area contributed by atoms with Crippen LogP contribution < -0.4 is 10.6 Å². The molecule has 0 aliphatic heterocycles. The van der Waals surface area contributed by atoms with Gasteiger partial charge in [-0.25, -0.2) is 0 Å². The normalized spacial score (nSPS) is 10.1. The van der Waals surface area contributed by atoms with E-state index >= 15 is 0 Å². The Kier molecular flexibility index (Phi) is 3.38. The molecule has 0 aromatic heterocycles. The van der Waals surface area contributed by atoms with Gasteiger partial charge in [-0.3, -0.25) is 0 Å².